The molecule has 108 valence electrons. The van der Waals surface area contributed by atoms with Crippen LogP contribution < -0.4 is 0 Å². The zero-order chi connectivity index (χ0) is 13.5. The predicted octanol–water partition coefficient (Wildman–Crippen LogP) is 3.64. The second kappa shape index (κ2) is 14.5. The van der Waals surface area contributed by atoms with Crippen LogP contribution in [0.2, 0.25) is 0 Å². The van der Waals surface area contributed by atoms with Crippen molar-refractivity contribution in [1.82, 2.24) is 0 Å². The molecule has 0 bridgehead atoms. The Balaban J connectivity index is 2.92. The van der Waals surface area contributed by atoms with Crippen molar-refractivity contribution in [2.24, 2.45) is 0 Å². The molecule has 0 N–H and O–H groups in total. The molecule has 0 aliphatic heterocycles. The van der Waals surface area contributed by atoms with Crippen LogP contribution in [-0.2, 0) is 19.3 Å². The van der Waals surface area contributed by atoms with Crippen molar-refractivity contribution in [2.75, 3.05) is 19.8 Å². The lowest BCUT2D eigenvalue weighted by molar-refractivity contribution is -0.274. The molecule has 0 saturated carbocycles. The summed E-state index contributed by atoms with van der Waals surface area (Å²) in [5, 5.41) is 0. The molecule has 0 rings (SSSR count). The van der Waals surface area contributed by atoms with Gasteiger partial charge in [-0.05, 0) is 6.42 Å². The summed E-state index contributed by atoms with van der Waals surface area (Å²) in [5.74, 6) is -0.432. The topological polar surface area (TPSA) is 44.8 Å². The van der Waals surface area contributed by atoms with E-state index in [9.17, 15) is 4.79 Å². The van der Waals surface area contributed by atoms with Crippen molar-refractivity contribution in [1.29, 1.82) is 0 Å². The standard InChI is InChI=1S/C14H28O4/c1-3-4-5-6-7-8-9-10-11-16-12-13-17-18-14(2)15/h3-13H2,1-2H3. The van der Waals surface area contributed by atoms with E-state index in [1.54, 1.807) is 0 Å². The van der Waals surface area contributed by atoms with Crippen LogP contribution in [-0.4, -0.2) is 25.8 Å². The van der Waals surface area contributed by atoms with E-state index in [0.717, 1.165) is 13.0 Å². The molecule has 0 aromatic rings. The van der Waals surface area contributed by atoms with Crippen LogP contribution >= 0.6 is 0 Å². The number of hydrogen-bond acceptors (Lipinski definition) is 4. The van der Waals surface area contributed by atoms with Crippen molar-refractivity contribution >= 4 is 5.97 Å². The van der Waals surface area contributed by atoms with Gasteiger partial charge in [0.25, 0.3) is 0 Å². The zero-order valence-corrected chi connectivity index (χ0v) is 11.9. The summed E-state index contributed by atoms with van der Waals surface area (Å²) in [7, 11) is 0. The molecule has 4 nitrogen and oxygen atoms in total. The number of carbonyl (C=O) groups excluding carboxylic acids is 1. The van der Waals surface area contributed by atoms with Crippen LogP contribution in [0.5, 0.6) is 0 Å². The first-order chi connectivity index (χ1) is 8.77. The number of hydrogen-bond donors (Lipinski definition) is 0. The van der Waals surface area contributed by atoms with E-state index in [2.05, 4.69) is 16.7 Å². The number of carbonyl (C=O) groups is 1. The van der Waals surface area contributed by atoms with Crippen molar-refractivity contribution in [3.63, 3.8) is 0 Å². The van der Waals surface area contributed by atoms with Gasteiger partial charge >= 0.3 is 5.97 Å². The van der Waals surface area contributed by atoms with Gasteiger partial charge in [0.15, 0.2) is 0 Å². The third kappa shape index (κ3) is 15.4. The second-order valence-electron chi connectivity index (χ2n) is 4.48. The van der Waals surface area contributed by atoms with Crippen LogP contribution in [0.1, 0.15) is 65.2 Å². The van der Waals surface area contributed by atoms with Gasteiger partial charge in [-0.15, -0.1) is 0 Å². The summed E-state index contributed by atoms with van der Waals surface area (Å²) in [6.45, 7) is 5.09. The molecule has 18 heavy (non-hydrogen) atoms. The Labute approximate surface area is 111 Å². The molecular weight excluding hydrogens is 232 g/mol. The Morgan fingerprint density at radius 2 is 1.44 bits per heavy atom. The molecule has 0 fully saturated rings. The third-order valence-corrected chi connectivity index (χ3v) is 2.63. The van der Waals surface area contributed by atoms with Gasteiger partial charge in [0, 0.05) is 13.5 Å². The highest BCUT2D eigenvalue weighted by Crippen LogP contribution is 2.08. The van der Waals surface area contributed by atoms with E-state index in [-0.39, 0.29) is 0 Å². The molecule has 0 aromatic carbocycles. The normalized spacial score (nSPS) is 10.6. The molecule has 0 heterocycles. The smallest absolute Gasteiger partial charge is 0.339 e. The molecule has 0 spiro atoms. The van der Waals surface area contributed by atoms with Gasteiger partial charge in [0.1, 0.15) is 6.61 Å². The van der Waals surface area contributed by atoms with E-state index in [4.69, 9.17) is 4.74 Å². The van der Waals surface area contributed by atoms with Gasteiger partial charge < -0.3 is 4.74 Å². The largest absolute Gasteiger partial charge is 0.379 e. The highest BCUT2D eigenvalue weighted by atomic mass is 17.2. The Morgan fingerprint density at radius 1 is 0.833 bits per heavy atom. The minimum Gasteiger partial charge on any atom is -0.379 e. The van der Waals surface area contributed by atoms with Gasteiger partial charge in [-0.1, -0.05) is 51.9 Å². The lowest BCUT2D eigenvalue weighted by Crippen LogP contribution is -2.08. The highest BCUT2D eigenvalue weighted by Gasteiger charge is 1.95. The Kier molecular flexibility index (Phi) is 14.0. The molecule has 0 unspecified atom stereocenters. The van der Waals surface area contributed by atoms with Gasteiger partial charge in [0.05, 0.1) is 6.61 Å². The molecule has 0 saturated heterocycles. The minimum atomic E-state index is -0.432. The Morgan fingerprint density at radius 3 is 2.06 bits per heavy atom. The molecular formula is C14H28O4. The molecule has 0 radical (unpaired) electrons. The molecule has 0 aromatic heterocycles. The summed E-state index contributed by atoms with van der Waals surface area (Å²) >= 11 is 0. The van der Waals surface area contributed by atoms with Gasteiger partial charge in [-0.2, -0.15) is 4.89 Å². The molecule has 0 aliphatic carbocycles. The highest BCUT2D eigenvalue weighted by molar-refractivity contribution is 5.65. The fourth-order valence-corrected chi connectivity index (χ4v) is 1.66. The first-order valence-electron chi connectivity index (χ1n) is 7.15. The summed E-state index contributed by atoms with van der Waals surface area (Å²) in [4.78, 5) is 19.3. The molecule has 0 aliphatic rings. The maximum atomic E-state index is 10.4. The molecule has 0 atom stereocenters. The maximum Gasteiger partial charge on any atom is 0.339 e. The summed E-state index contributed by atoms with van der Waals surface area (Å²) < 4.78 is 5.34. The summed E-state index contributed by atoms with van der Waals surface area (Å²) in [5.41, 5.74) is 0. The lowest BCUT2D eigenvalue weighted by Gasteiger charge is -2.04. The third-order valence-electron chi connectivity index (χ3n) is 2.63. The van der Waals surface area contributed by atoms with E-state index in [0.29, 0.717) is 13.2 Å². The lowest BCUT2D eigenvalue weighted by atomic mass is 10.1. The predicted molar refractivity (Wildman–Crippen MR) is 71.1 cm³/mol. The van der Waals surface area contributed by atoms with Crippen molar-refractivity contribution < 1.29 is 19.3 Å². The van der Waals surface area contributed by atoms with Crippen LogP contribution in [0, 0.1) is 0 Å². The van der Waals surface area contributed by atoms with Crippen molar-refractivity contribution in [2.45, 2.75) is 65.2 Å². The van der Waals surface area contributed by atoms with E-state index < -0.39 is 5.97 Å². The summed E-state index contributed by atoms with van der Waals surface area (Å²) in [6.07, 6.45) is 10.4. The van der Waals surface area contributed by atoms with Gasteiger partial charge in [0.2, 0.25) is 0 Å². The fraction of sp³-hybridized carbons (Fsp3) is 0.929. The quantitative estimate of drug-likeness (QED) is 0.288. The number of rotatable bonds is 13. The number of unbranched alkanes of at least 4 members (excludes halogenated alkanes) is 7. The number of ether oxygens (including phenoxy) is 1. The average Bonchev–Trinajstić information content (AvgIpc) is 2.34. The SMILES string of the molecule is CCCCCCCCCCOCCOOC(C)=O. The van der Waals surface area contributed by atoms with Gasteiger partial charge in [-0.25, -0.2) is 4.79 Å². The second-order valence-corrected chi connectivity index (χ2v) is 4.48. The van der Waals surface area contributed by atoms with Crippen LogP contribution in [0.4, 0.5) is 0 Å². The van der Waals surface area contributed by atoms with Gasteiger partial charge in [-0.3, -0.25) is 4.89 Å². The van der Waals surface area contributed by atoms with Crippen LogP contribution in [0.15, 0.2) is 0 Å². The monoisotopic (exact) mass is 260 g/mol. The molecule has 0 amide bonds. The minimum absolute atomic E-state index is 0.302. The first kappa shape index (κ1) is 17.4. The zero-order valence-electron chi connectivity index (χ0n) is 11.9. The Bertz CT molecular complexity index is 183. The van der Waals surface area contributed by atoms with E-state index >= 15 is 0 Å². The van der Waals surface area contributed by atoms with Crippen molar-refractivity contribution in [3.8, 4) is 0 Å². The van der Waals surface area contributed by atoms with Crippen LogP contribution in [0.25, 0.3) is 0 Å². The molecule has 4 heteroatoms. The van der Waals surface area contributed by atoms with Crippen LogP contribution in [0.3, 0.4) is 0 Å². The Hall–Kier alpha value is -0.610. The summed E-state index contributed by atoms with van der Waals surface area (Å²) in [6, 6.07) is 0. The fourth-order valence-electron chi connectivity index (χ4n) is 1.66. The van der Waals surface area contributed by atoms with Crippen molar-refractivity contribution in [3.05, 3.63) is 0 Å². The first-order valence-corrected chi connectivity index (χ1v) is 7.15. The van der Waals surface area contributed by atoms with E-state index in [1.807, 2.05) is 0 Å². The maximum absolute atomic E-state index is 10.4. The average molecular weight is 260 g/mol. The van der Waals surface area contributed by atoms with E-state index in [1.165, 1.54) is 51.9 Å².